The molecule has 6 nitrogen and oxygen atoms in total. The highest BCUT2D eigenvalue weighted by Gasteiger charge is 2.25. The standard InChI is InChI=1S/C19H14INO5/c1-11(22)25-16-8-7-12(10-17(16)24-2)9-15-19(23)26-18(21-15)13-5-3-4-6-14(13)20/h3-10H,1-2H3/b15-9-. The highest BCUT2D eigenvalue weighted by Crippen LogP contribution is 2.30. The number of carbonyl (C=O) groups is 2. The summed E-state index contributed by atoms with van der Waals surface area (Å²) in [6.45, 7) is 1.31. The lowest BCUT2D eigenvalue weighted by Gasteiger charge is -2.08. The molecule has 1 aliphatic rings. The zero-order valence-electron chi connectivity index (χ0n) is 14.0. The molecule has 0 atom stereocenters. The van der Waals surface area contributed by atoms with Crippen molar-refractivity contribution in [3.8, 4) is 11.5 Å². The van der Waals surface area contributed by atoms with Gasteiger partial charge in [-0.25, -0.2) is 9.79 Å². The van der Waals surface area contributed by atoms with Gasteiger partial charge in [0.05, 0.1) is 12.7 Å². The Labute approximate surface area is 163 Å². The molecule has 0 N–H and O–H groups in total. The number of aliphatic imine (C=N–C) groups is 1. The van der Waals surface area contributed by atoms with Crippen LogP contribution in [0.15, 0.2) is 53.2 Å². The summed E-state index contributed by atoms with van der Waals surface area (Å²) in [4.78, 5) is 27.5. The molecule has 2 aromatic rings. The molecule has 132 valence electrons. The predicted octanol–water partition coefficient (Wildman–Crippen LogP) is 3.57. The lowest BCUT2D eigenvalue weighted by atomic mass is 10.1. The number of nitrogens with zero attached hydrogens (tertiary/aromatic N) is 1. The van der Waals surface area contributed by atoms with Crippen LogP contribution >= 0.6 is 22.6 Å². The average molecular weight is 463 g/mol. The van der Waals surface area contributed by atoms with Gasteiger partial charge in [0.25, 0.3) is 0 Å². The van der Waals surface area contributed by atoms with Crippen LogP contribution in [0, 0.1) is 3.57 Å². The lowest BCUT2D eigenvalue weighted by molar-refractivity contribution is -0.132. The van der Waals surface area contributed by atoms with Gasteiger partial charge in [0, 0.05) is 10.5 Å². The number of methoxy groups -OCH3 is 1. The largest absolute Gasteiger partial charge is 0.493 e. The van der Waals surface area contributed by atoms with Gasteiger partial charge in [-0.2, -0.15) is 0 Å². The first-order valence-electron chi connectivity index (χ1n) is 7.62. The minimum atomic E-state index is -0.525. The van der Waals surface area contributed by atoms with Gasteiger partial charge in [0.2, 0.25) is 5.90 Å². The van der Waals surface area contributed by atoms with E-state index >= 15 is 0 Å². The van der Waals surface area contributed by atoms with E-state index in [-0.39, 0.29) is 11.6 Å². The molecule has 0 fully saturated rings. The maximum absolute atomic E-state index is 12.1. The normalized spacial score (nSPS) is 14.8. The van der Waals surface area contributed by atoms with E-state index in [2.05, 4.69) is 27.6 Å². The van der Waals surface area contributed by atoms with Crippen molar-refractivity contribution in [3.63, 3.8) is 0 Å². The third-order valence-corrected chi connectivity index (χ3v) is 4.41. The molecule has 0 aliphatic carbocycles. The van der Waals surface area contributed by atoms with E-state index in [0.29, 0.717) is 17.1 Å². The number of hydrogen-bond donors (Lipinski definition) is 0. The van der Waals surface area contributed by atoms with Crippen LogP contribution in [-0.4, -0.2) is 24.9 Å². The number of benzene rings is 2. The molecule has 0 saturated carbocycles. The van der Waals surface area contributed by atoms with Crippen LogP contribution in [-0.2, 0) is 14.3 Å². The molecule has 7 heteroatoms. The van der Waals surface area contributed by atoms with Crippen molar-refractivity contribution in [1.82, 2.24) is 0 Å². The quantitative estimate of drug-likeness (QED) is 0.300. The fourth-order valence-electron chi connectivity index (χ4n) is 2.33. The van der Waals surface area contributed by atoms with Gasteiger partial charge in [0.1, 0.15) is 0 Å². The monoisotopic (exact) mass is 463 g/mol. The number of cyclic esters (lactones) is 1. The van der Waals surface area contributed by atoms with Gasteiger partial charge in [-0.05, 0) is 58.5 Å². The fraction of sp³-hybridized carbons (Fsp3) is 0.105. The molecule has 2 aromatic carbocycles. The topological polar surface area (TPSA) is 74.2 Å². The highest BCUT2D eigenvalue weighted by molar-refractivity contribution is 14.1. The first-order chi connectivity index (χ1) is 12.5. The number of halogens is 1. The molecule has 1 aliphatic heterocycles. The van der Waals surface area contributed by atoms with Crippen LogP contribution in [0.2, 0.25) is 0 Å². The second-order valence-electron chi connectivity index (χ2n) is 5.32. The molecule has 1 heterocycles. The van der Waals surface area contributed by atoms with E-state index in [9.17, 15) is 9.59 Å². The minimum absolute atomic E-state index is 0.182. The second-order valence-corrected chi connectivity index (χ2v) is 6.48. The second kappa shape index (κ2) is 7.69. The van der Waals surface area contributed by atoms with Crippen molar-refractivity contribution < 1.29 is 23.8 Å². The van der Waals surface area contributed by atoms with Crippen LogP contribution in [0.4, 0.5) is 0 Å². The van der Waals surface area contributed by atoms with Crippen molar-refractivity contribution in [3.05, 3.63) is 62.9 Å². The SMILES string of the molecule is COc1cc(/C=C2\N=C(c3ccccc3I)OC2=O)ccc1OC(C)=O. The van der Waals surface area contributed by atoms with Gasteiger partial charge in [-0.3, -0.25) is 4.79 Å². The molecule has 3 rings (SSSR count). The molecule has 0 amide bonds. The summed E-state index contributed by atoms with van der Waals surface area (Å²) in [5.74, 6) is -0.0141. The molecule has 0 saturated heterocycles. The Bertz CT molecular complexity index is 949. The molecular weight excluding hydrogens is 449 g/mol. The summed E-state index contributed by atoms with van der Waals surface area (Å²) in [6.07, 6.45) is 1.59. The molecule has 0 aromatic heterocycles. The Morgan fingerprint density at radius 2 is 1.96 bits per heavy atom. The third kappa shape index (κ3) is 3.93. The summed E-state index contributed by atoms with van der Waals surface area (Å²) in [6, 6.07) is 12.4. The third-order valence-electron chi connectivity index (χ3n) is 3.47. The van der Waals surface area contributed by atoms with Crippen molar-refractivity contribution in [1.29, 1.82) is 0 Å². The van der Waals surface area contributed by atoms with Crippen molar-refractivity contribution in [2.75, 3.05) is 7.11 Å². The summed E-state index contributed by atoms with van der Waals surface area (Å²) in [5, 5.41) is 0. The van der Waals surface area contributed by atoms with E-state index in [1.807, 2.05) is 24.3 Å². The van der Waals surface area contributed by atoms with E-state index in [1.165, 1.54) is 14.0 Å². The van der Waals surface area contributed by atoms with Crippen LogP contribution in [0.1, 0.15) is 18.1 Å². The first-order valence-corrected chi connectivity index (χ1v) is 8.69. The molecular formula is C19H14INO5. The van der Waals surface area contributed by atoms with E-state index < -0.39 is 11.9 Å². The number of ether oxygens (including phenoxy) is 3. The minimum Gasteiger partial charge on any atom is -0.493 e. The number of hydrogen-bond acceptors (Lipinski definition) is 6. The summed E-state index contributed by atoms with van der Waals surface area (Å²) in [5.41, 5.74) is 1.60. The molecule has 0 bridgehead atoms. The number of esters is 2. The van der Waals surface area contributed by atoms with Crippen LogP contribution < -0.4 is 9.47 Å². The van der Waals surface area contributed by atoms with Crippen LogP contribution in [0.25, 0.3) is 6.08 Å². The smallest absolute Gasteiger partial charge is 0.363 e. The molecule has 0 radical (unpaired) electrons. The van der Waals surface area contributed by atoms with Gasteiger partial charge in [-0.15, -0.1) is 0 Å². The number of carbonyl (C=O) groups excluding carboxylic acids is 2. The van der Waals surface area contributed by atoms with Crippen molar-refractivity contribution in [2.45, 2.75) is 6.92 Å². The summed E-state index contributed by atoms with van der Waals surface area (Å²) in [7, 11) is 1.47. The lowest BCUT2D eigenvalue weighted by Crippen LogP contribution is -2.06. The Morgan fingerprint density at radius 1 is 1.19 bits per heavy atom. The predicted molar refractivity (Wildman–Crippen MR) is 104 cm³/mol. The first kappa shape index (κ1) is 18.1. The molecule has 0 spiro atoms. The van der Waals surface area contributed by atoms with Gasteiger partial charge in [0.15, 0.2) is 17.2 Å². The Hall–Kier alpha value is -2.68. The zero-order chi connectivity index (χ0) is 18.7. The fourth-order valence-corrected chi connectivity index (χ4v) is 2.95. The van der Waals surface area contributed by atoms with Crippen LogP contribution in [0.5, 0.6) is 11.5 Å². The summed E-state index contributed by atoms with van der Waals surface area (Å²) < 4.78 is 16.5. The Morgan fingerprint density at radius 3 is 2.65 bits per heavy atom. The molecule has 0 unspecified atom stereocenters. The van der Waals surface area contributed by atoms with Crippen LogP contribution in [0.3, 0.4) is 0 Å². The van der Waals surface area contributed by atoms with Crippen molar-refractivity contribution >= 4 is 46.5 Å². The maximum atomic E-state index is 12.1. The Kier molecular flexibility index (Phi) is 5.36. The summed E-state index contributed by atoms with van der Waals surface area (Å²) >= 11 is 2.16. The van der Waals surface area contributed by atoms with Crippen molar-refractivity contribution in [2.24, 2.45) is 4.99 Å². The van der Waals surface area contributed by atoms with Gasteiger partial charge >= 0.3 is 11.9 Å². The Balaban J connectivity index is 1.93. The van der Waals surface area contributed by atoms with E-state index in [0.717, 1.165) is 9.13 Å². The highest BCUT2D eigenvalue weighted by atomic mass is 127. The van der Waals surface area contributed by atoms with Gasteiger partial charge in [-0.1, -0.05) is 18.2 Å². The van der Waals surface area contributed by atoms with Gasteiger partial charge < -0.3 is 14.2 Å². The van der Waals surface area contributed by atoms with E-state index in [1.54, 1.807) is 24.3 Å². The maximum Gasteiger partial charge on any atom is 0.363 e. The zero-order valence-corrected chi connectivity index (χ0v) is 16.1. The van der Waals surface area contributed by atoms with E-state index in [4.69, 9.17) is 14.2 Å². The number of rotatable bonds is 4. The average Bonchev–Trinajstić information content (AvgIpc) is 2.96. The molecule has 26 heavy (non-hydrogen) atoms.